The van der Waals surface area contributed by atoms with Gasteiger partial charge in [-0.15, -0.1) is 6.42 Å². The molecule has 0 saturated carbocycles. The van der Waals surface area contributed by atoms with Crippen LogP contribution in [0.25, 0.3) is 0 Å². The summed E-state index contributed by atoms with van der Waals surface area (Å²) in [6, 6.07) is 13.9. The number of aryl methyl sites for hydroxylation is 1. The number of carbonyl (C=O) groups is 2. The molecule has 3 rings (SSSR count). The smallest absolute Gasteiger partial charge is 0.299 e. The molecule has 0 radical (unpaired) electrons. The fourth-order valence-corrected chi connectivity index (χ4v) is 3.63. The summed E-state index contributed by atoms with van der Waals surface area (Å²) in [5, 5.41) is 3.49. The third-order valence-electron chi connectivity index (χ3n) is 5.14. The first-order valence-corrected chi connectivity index (χ1v) is 10.3. The average Bonchev–Trinajstić information content (AvgIpc) is 3.27. The van der Waals surface area contributed by atoms with Gasteiger partial charge < -0.3 is 15.0 Å². The van der Waals surface area contributed by atoms with Gasteiger partial charge in [-0.05, 0) is 48.9 Å². The quantitative estimate of drug-likeness (QED) is 0.690. The topological polar surface area (TPSA) is 58.6 Å². The minimum absolute atomic E-state index is 0.137. The molecule has 1 aliphatic heterocycles. The molecule has 1 heterocycles. The van der Waals surface area contributed by atoms with Gasteiger partial charge in [0.05, 0.1) is 6.10 Å². The molecule has 2 atom stereocenters. The number of hydrogen-bond donors (Lipinski definition) is 1. The van der Waals surface area contributed by atoms with Crippen molar-refractivity contribution >= 4 is 23.4 Å². The number of nitrogens with zero attached hydrogens (tertiary/aromatic N) is 1. The molecule has 0 aliphatic carbocycles. The maximum absolute atomic E-state index is 13.3. The van der Waals surface area contributed by atoms with Crippen molar-refractivity contribution in [1.82, 2.24) is 10.2 Å². The number of hydrogen-bond acceptors (Lipinski definition) is 3. The molecule has 0 spiro atoms. The molecule has 2 aromatic carbocycles. The van der Waals surface area contributed by atoms with E-state index in [9.17, 15) is 9.59 Å². The Hall–Kier alpha value is -2.81. The van der Waals surface area contributed by atoms with Gasteiger partial charge in [0, 0.05) is 24.7 Å². The van der Waals surface area contributed by atoms with Gasteiger partial charge in [-0.3, -0.25) is 9.59 Å². The Kier molecular flexibility index (Phi) is 7.51. The van der Waals surface area contributed by atoms with Crippen molar-refractivity contribution in [3.05, 3.63) is 70.2 Å². The summed E-state index contributed by atoms with van der Waals surface area (Å²) in [7, 11) is 0. The van der Waals surface area contributed by atoms with E-state index in [4.69, 9.17) is 22.8 Å². The number of benzene rings is 2. The van der Waals surface area contributed by atoms with E-state index in [-0.39, 0.29) is 18.6 Å². The molecule has 1 fully saturated rings. The van der Waals surface area contributed by atoms with E-state index < -0.39 is 11.9 Å². The zero-order chi connectivity index (χ0) is 21.5. The number of carbonyl (C=O) groups excluding carboxylic acids is 2. The monoisotopic (exact) mass is 424 g/mol. The summed E-state index contributed by atoms with van der Waals surface area (Å²) in [5.74, 6) is 1.31. The van der Waals surface area contributed by atoms with Crippen molar-refractivity contribution in [3.63, 3.8) is 0 Å². The van der Waals surface area contributed by atoms with E-state index in [2.05, 4.69) is 11.2 Å². The van der Waals surface area contributed by atoms with Gasteiger partial charge in [-0.1, -0.05) is 53.6 Å². The number of nitrogens with one attached hydrogen (secondary N) is 1. The molecule has 156 valence electrons. The highest BCUT2D eigenvalue weighted by Crippen LogP contribution is 2.26. The molecule has 1 aliphatic rings. The first kappa shape index (κ1) is 21.9. The Balaban J connectivity index is 1.86. The summed E-state index contributed by atoms with van der Waals surface area (Å²) in [6.07, 6.45) is 7.05. The van der Waals surface area contributed by atoms with Crippen molar-refractivity contribution in [3.8, 4) is 12.3 Å². The van der Waals surface area contributed by atoms with Crippen molar-refractivity contribution in [1.29, 1.82) is 0 Å². The van der Waals surface area contributed by atoms with Crippen LogP contribution in [0.2, 0.25) is 5.02 Å². The van der Waals surface area contributed by atoms with Gasteiger partial charge in [-0.25, -0.2) is 0 Å². The van der Waals surface area contributed by atoms with Crippen LogP contribution < -0.4 is 5.32 Å². The zero-order valence-electron chi connectivity index (χ0n) is 16.9. The Morgan fingerprint density at radius 2 is 1.93 bits per heavy atom. The van der Waals surface area contributed by atoms with Gasteiger partial charge >= 0.3 is 0 Å². The van der Waals surface area contributed by atoms with Crippen LogP contribution in [0.15, 0.2) is 48.5 Å². The lowest BCUT2D eigenvalue weighted by atomic mass is 10.0. The van der Waals surface area contributed by atoms with Crippen LogP contribution in [0.3, 0.4) is 0 Å². The van der Waals surface area contributed by atoms with E-state index in [0.717, 1.165) is 24.0 Å². The molecule has 1 N–H and O–H groups in total. The van der Waals surface area contributed by atoms with Crippen molar-refractivity contribution in [2.45, 2.75) is 38.5 Å². The second kappa shape index (κ2) is 10.3. The van der Waals surface area contributed by atoms with Gasteiger partial charge in [0.15, 0.2) is 0 Å². The van der Waals surface area contributed by atoms with Crippen LogP contribution in [-0.2, 0) is 20.9 Å². The Morgan fingerprint density at radius 1 is 1.23 bits per heavy atom. The largest absolute Gasteiger partial charge is 0.376 e. The molecular formula is C24H25ClN2O3. The second-order valence-electron chi connectivity index (χ2n) is 7.39. The SMILES string of the molecule is C#CC(=O)N(CC1CCCO1)C(C(=O)NCc1ccc(C)cc1)c1ccc(Cl)cc1. The highest BCUT2D eigenvalue weighted by molar-refractivity contribution is 6.30. The predicted molar refractivity (Wildman–Crippen MR) is 117 cm³/mol. The number of terminal acetylenes is 1. The standard InChI is InChI=1S/C24H25ClN2O3/c1-3-22(28)27(16-21-5-4-14-30-21)23(19-10-12-20(25)13-11-19)24(29)26-15-18-8-6-17(2)7-9-18/h1,6-13,21,23H,4-5,14-16H2,2H3,(H,26,29). The number of amides is 2. The van der Waals surface area contributed by atoms with Gasteiger partial charge in [0.2, 0.25) is 5.91 Å². The highest BCUT2D eigenvalue weighted by Gasteiger charge is 2.33. The lowest BCUT2D eigenvalue weighted by Crippen LogP contribution is -2.46. The van der Waals surface area contributed by atoms with Crippen LogP contribution in [0.4, 0.5) is 0 Å². The highest BCUT2D eigenvalue weighted by atomic mass is 35.5. The Labute approximate surface area is 182 Å². The van der Waals surface area contributed by atoms with Crippen molar-refractivity contribution in [2.24, 2.45) is 0 Å². The molecular weight excluding hydrogens is 400 g/mol. The normalized spacial score (nSPS) is 16.5. The fourth-order valence-electron chi connectivity index (χ4n) is 3.51. The molecule has 0 aromatic heterocycles. The predicted octanol–water partition coefficient (Wildman–Crippen LogP) is 3.65. The van der Waals surface area contributed by atoms with E-state index in [0.29, 0.717) is 23.7 Å². The molecule has 30 heavy (non-hydrogen) atoms. The third-order valence-corrected chi connectivity index (χ3v) is 5.39. The Bertz CT molecular complexity index is 913. The second-order valence-corrected chi connectivity index (χ2v) is 7.83. The maximum Gasteiger partial charge on any atom is 0.299 e. The first-order valence-electron chi connectivity index (χ1n) is 9.95. The third kappa shape index (κ3) is 5.63. The lowest BCUT2D eigenvalue weighted by molar-refractivity contribution is -0.138. The molecule has 5 nitrogen and oxygen atoms in total. The number of ether oxygens (including phenoxy) is 1. The molecule has 2 amide bonds. The van der Waals surface area contributed by atoms with E-state index in [1.54, 1.807) is 24.3 Å². The molecule has 2 aromatic rings. The molecule has 1 saturated heterocycles. The average molecular weight is 425 g/mol. The fraction of sp³-hybridized carbons (Fsp3) is 0.333. The van der Waals surface area contributed by atoms with E-state index in [1.165, 1.54) is 4.90 Å². The zero-order valence-corrected chi connectivity index (χ0v) is 17.7. The molecule has 0 bridgehead atoms. The summed E-state index contributed by atoms with van der Waals surface area (Å²) in [6.45, 7) is 3.26. The van der Waals surface area contributed by atoms with Gasteiger partial charge in [0.1, 0.15) is 6.04 Å². The first-order chi connectivity index (χ1) is 14.5. The lowest BCUT2D eigenvalue weighted by Gasteiger charge is -2.31. The van der Waals surface area contributed by atoms with Crippen LogP contribution in [0.5, 0.6) is 0 Å². The van der Waals surface area contributed by atoms with E-state index >= 15 is 0 Å². The van der Waals surface area contributed by atoms with Crippen LogP contribution in [-0.4, -0.2) is 36.0 Å². The number of rotatable bonds is 7. The number of halogens is 1. The minimum Gasteiger partial charge on any atom is -0.376 e. The van der Waals surface area contributed by atoms with Crippen molar-refractivity contribution in [2.75, 3.05) is 13.2 Å². The minimum atomic E-state index is -0.875. The van der Waals surface area contributed by atoms with Gasteiger partial charge in [0.25, 0.3) is 5.91 Å². The molecule has 6 heteroatoms. The van der Waals surface area contributed by atoms with E-state index in [1.807, 2.05) is 31.2 Å². The van der Waals surface area contributed by atoms with Gasteiger partial charge in [-0.2, -0.15) is 0 Å². The summed E-state index contributed by atoms with van der Waals surface area (Å²) in [5.41, 5.74) is 2.76. The van der Waals surface area contributed by atoms with Crippen molar-refractivity contribution < 1.29 is 14.3 Å². The van der Waals surface area contributed by atoms with Crippen LogP contribution in [0, 0.1) is 19.3 Å². The van der Waals surface area contributed by atoms with Crippen LogP contribution >= 0.6 is 11.6 Å². The summed E-state index contributed by atoms with van der Waals surface area (Å²) in [4.78, 5) is 27.3. The summed E-state index contributed by atoms with van der Waals surface area (Å²) >= 11 is 6.02. The van der Waals surface area contributed by atoms with Crippen LogP contribution in [0.1, 0.15) is 35.6 Å². The Morgan fingerprint density at radius 3 is 2.53 bits per heavy atom. The maximum atomic E-state index is 13.3. The summed E-state index contributed by atoms with van der Waals surface area (Å²) < 4.78 is 5.69. The molecule has 2 unspecified atom stereocenters.